The Kier molecular flexibility index (Phi) is 6.71. The predicted molar refractivity (Wildman–Crippen MR) is 97.7 cm³/mol. The Morgan fingerprint density at radius 3 is 2.84 bits per heavy atom. The van der Waals surface area contributed by atoms with Crippen molar-refractivity contribution in [1.29, 1.82) is 0 Å². The van der Waals surface area contributed by atoms with Gasteiger partial charge >= 0.3 is 0 Å². The fourth-order valence-electron chi connectivity index (χ4n) is 3.82. The predicted octanol–water partition coefficient (Wildman–Crippen LogP) is 1.06. The lowest BCUT2D eigenvalue weighted by Gasteiger charge is -2.47. The van der Waals surface area contributed by atoms with Crippen molar-refractivity contribution in [3.63, 3.8) is 0 Å². The fraction of sp³-hybridized carbons (Fsp3) is 0.688. The summed E-state index contributed by atoms with van der Waals surface area (Å²) >= 11 is 5.99. The van der Waals surface area contributed by atoms with Crippen LogP contribution < -0.4 is 5.73 Å². The largest absolute Gasteiger partial charge is 0.341 e. The molecule has 1 aromatic heterocycles. The van der Waals surface area contributed by atoms with Crippen molar-refractivity contribution in [2.45, 2.75) is 38.8 Å². The van der Waals surface area contributed by atoms with Gasteiger partial charge in [-0.3, -0.25) is 14.3 Å². The fourth-order valence-corrected chi connectivity index (χ4v) is 3.97. The summed E-state index contributed by atoms with van der Waals surface area (Å²) < 4.78 is 1.59. The Bertz CT molecular complexity index is 617. The van der Waals surface area contributed by atoms with Crippen molar-refractivity contribution < 1.29 is 9.59 Å². The van der Waals surface area contributed by atoms with E-state index in [2.05, 4.69) is 5.10 Å². The topological polar surface area (TPSA) is 84.5 Å². The first-order valence-corrected chi connectivity index (χ1v) is 8.84. The first-order valence-electron chi connectivity index (χ1n) is 8.46. The molecular weight excluding hydrogens is 365 g/mol. The number of carbonyl (C=O) groups is 2. The van der Waals surface area contributed by atoms with Crippen LogP contribution in [0.25, 0.3) is 0 Å². The number of amides is 2. The van der Waals surface area contributed by atoms with Crippen molar-refractivity contribution in [1.82, 2.24) is 19.6 Å². The van der Waals surface area contributed by atoms with E-state index in [9.17, 15) is 9.59 Å². The third-order valence-corrected chi connectivity index (χ3v) is 5.42. The quantitative estimate of drug-likeness (QED) is 0.834. The molecule has 0 saturated carbocycles. The number of nitrogens with two attached hydrogens (primary N) is 1. The minimum Gasteiger partial charge on any atom is -0.341 e. The molecule has 2 saturated heterocycles. The second-order valence-electron chi connectivity index (χ2n) is 6.63. The minimum absolute atomic E-state index is 0. The van der Waals surface area contributed by atoms with Crippen LogP contribution in [0.3, 0.4) is 0 Å². The number of carbonyl (C=O) groups excluding carboxylic acids is 2. The molecule has 3 heterocycles. The highest BCUT2D eigenvalue weighted by molar-refractivity contribution is 6.31. The van der Waals surface area contributed by atoms with Crippen molar-refractivity contribution in [3.8, 4) is 0 Å². The van der Waals surface area contributed by atoms with Crippen LogP contribution >= 0.6 is 24.0 Å². The van der Waals surface area contributed by atoms with Crippen LogP contribution in [0.1, 0.15) is 25.0 Å². The van der Waals surface area contributed by atoms with E-state index in [1.165, 1.54) is 0 Å². The lowest BCUT2D eigenvalue weighted by atomic mass is 9.83. The molecule has 9 heteroatoms. The van der Waals surface area contributed by atoms with Gasteiger partial charge in [0.1, 0.15) is 6.54 Å². The second kappa shape index (κ2) is 8.38. The number of hydrogen-bond donors (Lipinski definition) is 1. The summed E-state index contributed by atoms with van der Waals surface area (Å²) in [4.78, 5) is 28.5. The second-order valence-corrected chi connectivity index (χ2v) is 7.04. The van der Waals surface area contributed by atoms with Gasteiger partial charge in [0, 0.05) is 44.8 Å². The van der Waals surface area contributed by atoms with Crippen LogP contribution in [-0.2, 0) is 16.1 Å². The zero-order valence-corrected chi connectivity index (χ0v) is 15.9. The number of halogens is 2. The van der Waals surface area contributed by atoms with E-state index in [4.69, 9.17) is 17.3 Å². The molecule has 0 aliphatic carbocycles. The van der Waals surface area contributed by atoms with Crippen LogP contribution in [-0.4, -0.2) is 63.6 Å². The van der Waals surface area contributed by atoms with Gasteiger partial charge < -0.3 is 15.5 Å². The highest BCUT2D eigenvalue weighted by Gasteiger charge is 2.39. The molecule has 0 radical (unpaired) electrons. The number of fused-ring (bicyclic) bond motifs is 1. The Morgan fingerprint density at radius 2 is 2.20 bits per heavy atom. The molecule has 2 amide bonds. The van der Waals surface area contributed by atoms with Crippen LogP contribution in [0.5, 0.6) is 0 Å². The number of hydrogen-bond acceptors (Lipinski definition) is 4. The zero-order valence-electron chi connectivity index (χ0n) is 14.4. The Labute approximate surface area is 158 Å². The summed E-state index contributed by atoms with van der Waals surface area (Å²) in [5.74, 6) is 0.591. The van der Waals surface area contributed by atoms with Crippen molar-refractivity contribution in [3.05, 3.63) is 16.9 Å². The molecule has 0 bridgehead atoms. The van der Waals surface area contributed by atoms with Gasteiger partial charge in [-0.25, -0.2) is 0 Å². The van der Waals surface area contributed by atoms with Crippen LogP contribution in [0.15, 0.2) is 6.20 Å². The standard InChI is InChI=1S/C16H24ClN5O2.ClH/c1-11-13(17)9-21(19-11)10-16(24)20-6-4-14-12(8-20)2-3-15(23)22(14)7-5-18;/h9,12,14H,2-8,10,18H2,1H3;1H/t12-,14+;/m0./s1. The van der Waals surface area contributed by atoms with E-state index in [1.54, 1.807) is 10.9 Å². The summed E-state index contributed by atoms with van der Waals surface area (Å²) in [6.45, 7) is 4.49. The maximum Gasteiger partial charge on any atom is 0.244 e. The van der Waals surface area contributed by atoms with E-state index in [-0.39, 0.29) is 36.8 Å². The zero-order chi connectivity index (χ0) is 17.3. The summed E-state index contributed by atoms with van der Waals surface area (Å²) in [6.07, 6.45) is 3.91. The molecule has 1 aromatic rings. The molecule has 7 nitrogen and oxygen atoms in total. The number of aromatic nitrogens is 2. The first kappa shape index (κ1) is 20.0. The van der Waals surface area contributed by atoms with E-state index < -0.39 is 0 Å². The summed E-state index contributed by atoms with van der Waals surface area (Å²) in [7, 11) is 0. The van der Waals surface area contributed by atoms with Crippen molar-refractivity contribution >= 4 is 35.8 Å². The normalized spacial score (nSPS) is 23.2. The molecular formula is C16H25Cl2N5O2. The molecule has 0 aromatic carbocycles. The Balaban J connectivity index is 0.00000225. The maximum absolute atomic E-state index is 12.6. The molecule has 25 heavy (non-hydrogen) atoms. The van der Waals surface area contributed by atoms with Gasteiger partial charge in [-0.1, -0.05) is 11.6 Å². The minimum atomic E-state index is 0. The van der Waals surface area contributed by atoms with E-state index >= 15 is 0 Å². The molecule has 2 aliphatic heterocycles. The summed E-state index contributed by atoms with van der Waals surface area (Å²) in [5.41, 5.74) is 6.37. The average Bonchev–Trinajstić information content (AvgIpc) is 2.87. The van der Waals surface area contributed by atoms with E-state index in [0.29, 0.717) is 43.5 Å². The summed E-state index contributed by atoms with van der Waals surface area (Å²) in [6, 6.07) is 0.222. The van der Waals surface area contributed by atoms with Crippen molar-refractivity contribution in [2.75, 3.05) is 26.2 Å². The van der Waals surface area contributed by atoms with Gasteiger partial charge in [0.05, 0.1) is 10.7 Å². The van der Waals surface area contributed by atoms with Gasteiger partial charge in [0.2, 0.25) is 11.8 Å². The van der Waals surface area contributed by atoms with Crippen molar-refractivity contribution in [2.24, 2.45) is 11.7 Å². The molecule has 0 unspecified atom stereocenters. The molecule has 2 fully saturated rings. The van der Waals surface area contributed by atoms with Crippen LogP contribution in [0, 0.1) is 12.8 Å². The van der Waals surface area contributed by atoms with Crippen LogP contribution in [0.4, 0.5) is 0 Å². The average molecular weight is 390 g/mol. The molecule has 2 N–H and O–H groups in total. The Hall–Kier alpha value is -1.31. The van der Waals surface area contributed by atoms with Gasteiger partial charge in [-0.2, -0.15) is 5.10 Å². The van der Waals surface area contributed by atoms with E-state index in [0.717, 1.165) is 18.5 Å². The molecule has 0 spiro atoms. The van der Waals surface area contributed by atoms with Gasteiger partial charge in [-0.15, -0.1) is 12.4 Å². The highest BCUT2D eigenvalue weighted by Crippen LogP contribution is 2.31. The SMILES string of the molecule is Cc1nn(CC(=O)N2CC[C@@H]3[C@@H](CCC(=O)N3CCN)C2)cc1Cl.Cl. The monoisotopic (exact) mass is 389 g/mol. The lowest BCUT2D eigenvalue weighted by Crippen LogP contribution is -2.58. The lowest BCUT2D eigenvalue weighted by molar-refractivity contribution is -0.144. The smallest absolute Gasteiger partial charge is 0.244 e. The number of rotatable bonds is 4. The van der Waals surface area contributed by atoms with Gasteiger partial charge in [-0.05, 0) is 25.7 Å². The van der Waals surface area contributed by atoms with Gasteiger partial charge in [0.15, 0.2) is 0 Å². The third-order valence-electron chi connectivity index (χ3n) is 5.05. The third kappa shape index (κ3) is 4.27. The van der Waals surface area contributed by atoms with E-state index in [1.807, 2.05) is 16.7 Å². The first-order chi connectivity index (χ1) is 11.5. The molecule has 2 atom stereocenters. The van der Waals surface area contributed by atoms with Gasteiger partial charge in [0.25, 0.3) is 0 Å². The maximum atomic E-state index is 12.6. The molecule has 140 valence electrons. The highest BCUT2D eigenvalue weighted by atomic mass is 35.5. The molecule has 3 rings (SSSR count). The number of likely N-dealkylation sites (tertiary alicyclic amines) is 2. The number of aryl methyl sites for hydroxylation is 1. The molecule has 2 aliphatic rings. The summed E-state index contributed by atoms with van der Waals surface area (Å²) in [5, 5.41) is 4.82. The number of nitrogens with zero attached hydrogens (tertiary/aromatic N) is 4. The van der Waals surface area contributed by atoms with Crippen LogP contribution in [0.2, 0.25) is 5.02 Å². The number of piperidine rings is 2. The Morgan fingerprint density at radius 1 is 1.44 bits per heavy atom.